The van der Waals surface area contributed by atoms with Crippen molar-refractivity contribution in [3.63, 3.8) is 0 Å². The number of hydrogen-bond acceptors (Lipinski definition) is 4. The van der Waals surface area contributed by atoms with E-state index in [-0.39, 0.29) is 10.6 Å². The number of benzene rings is 2. The van der Waals surface area contributed by atoms with Gasteiger partial charge in [-0.1, -0.05) is 18.2 Å². The zero-order chi connectivity index (χ0) is 14.8. The molecule has 108 valence electrons. The average Bonchev–Trinajstić information content (AvgIpc) is 2.47. The van der Waals surface area contributed by atoms with Gasteiger partial charge in [-0.05, 0) is 48.7 Å². The molecule has 2 aromatic rings. The number of hydrogen-bond donors (Lipinski definition) is 2. The summed E-state index contributed by atoms with van der Waals surface area (Å²) in [7, 11) is 0. The molecule has 21 heavy (non-hydrogen) atoms. The van der Waals surface area contributed by atoms with Crippen LogP contribution in [0.25, 0.3) is 0 Å². The first-order valence-corrected chi connectivity index (χ1v) is 6.99. The Balaban J connectivity index is 2.01. The second kappa shape index (κ2) is 5.54. The highest BCUT2D eigenvalue weighted by Gasteiger charge is 2.17. The number of aryl methyl sites for hydroxylation is 1. The molecule has 1 aliphatic rings. The minimum absolute atomic E-state index is 0.104. The molecule has 0 atom stereocenters. The summed E-state index contributed by atoms with van der Waals surface area (Å²) in [6.45, 7) is 3.71. The fraction of sp³-hybridized carbons (Fsp3) is 0.250. The Kier molecular flexibility index (Phi) is 3.58. The molecular weight excluding hydrogens is 266 g/mol. The first-order chi connectivity index (χ1) is 10.1. The Bertz CT molecular complexity index is 698. The van der Waals surface area contributed by atoms with E-state index >= 15 is 0 Å². The highest BCUT2D eigenvalue weighted by molar-refractivity contribution is 5.72. The minimum atomic E-state index is -0.348. The lowest BCUT2D eigenvalue weighted by molar-refractivity contribution is -0.383. The second-order valence-corrected chi connectivity index (χ2v) is 5.27. The van der Waals surface area contributed by atoms with Gasteiger partial charge in [-0.2, -0.15) is 0 Å². The van der Waals surface area contributed by atoms with Gasteiger partial charge < -0.3 is 10.6 Å². The molecular formula is C16H17N3O2. The van der Waals surface area contributed by atoms with Gasteiger partial charge in [0.2, 0.25) is 0 Å². The van der Waals surface area contributed by atoms with Crippen LogP contribution in [0.2, 0.25) is 0 Å². The number of nitrogens with zero attached hydrogens (tertiary/aromatic N) is 1. The number of nitrogens with one attached hydrogen (secondary N) is 2. The van der Waals surface area contributed by atoms with Gasteiger partial charge in [0, 0.05) is 18.3 Å². The number of nitro groups is 1. The molecule has 0 amide bonds. The highest BCUT2D eigenvalue weighted by Crippen LogP contribution is 2.31. The topological polar surface area (TPSA) is 67.2 Å². The SMILES string of the molecule is Cc1ccc([N+](=O)[O-])c(Nc2cccc3c2CCNC3)c1. The van der Waals surface area contributed by atoms with Gasteiger partial charge in [-0.15, -0.1) is 0 Å². The van der Waals surface area contributed by atoms with E-state index < -0.39 is 0 Å². The molecule has 2 aromatic carbocycles. The van der Waals surface area contributed by atoms with Crippen LogP contribution in [-0.4, -0.2) is 11.5 Å². The van der Waals surface area contributed by atoms with Crippen LogP contribution in [-0.2, 0) is 13.0 Å². The van der Waals surface area contributed by atoms with Crippen LogP contribution in [0.3, 0.4) is 0 Å². The Morgan fingerprint density at radius 1 is 1.24 bits per heavy atom. The van der Waals surface area contributed by atoms with Crippen molar-refractivity contribution in [2.45, 2.75) is 19.9 Å². The predicted octanol–water partition coefficient (Wildman–Crippen LogP) is 3.29. The van der Waals surface area contributed by atoms with Crippen molar-refractivity contribution in [3.8, 4) is 0 Å². The lowest BCUT2D eigenvalue weighted by Crippen LogP contribution is -2.24. The van der Waals surface area contributed by atoms with E-state index in [4.69, 9.17) is 0 Å². The standard InChI is InChI=1S/C16H17N3O2/c1-11-5-6-16(19(20)21)15(9-11)18-14-4-2-3-12-10-17-8-7-13(12)14/h2-6,9,17-18H,7-8,10H2,1H3. The van der Waals surface area contributed by atoms with Crippen molar-refractivity contribution in [2.24, 2.45) is 0 Å². The molecule has 0 saturated heterocycles. The Hall–Kier alpha value is -2.40. The maximum atomic E-state index is 11.2. The van der Waals surface area contributed by atoms with Crippen LogP contribution >= 0.6 is 0 Å². The van der Waals surface area contributed by atoms with E-state index in [1.54, 1.807) is 12.1 Å². The van der Waals surface area contributed by atoms with Crippen LogP contribution in [0.5, 0.6) is 0 Å². The molecule has 1 aliphatic heterocycles. The molecule has 5 nitrogen and oxygen atoms in total. The quantitative estimate of drug-likeness (QED) is 0.670. The smallest absolute Gasteiger partial charge is 0.292 e. The number of nitro benzene ring substituents is 1. The van der Waals surface area contributed by atoms with Crippen molar-refractivity contribution in [1.29, 1.82) is 0 Å². The van der Waals surface area contributed by atoms with Crippen molar-refractivity contribution >= 4 is 17.1 Å². The summed E-state index contributed by atoms with van der Waals surface area (Å²) in [6, 6.07) is 11.2. The van der Waals surface area contributed by atoms with Gasteiger partial charge in [0.15, 0.2) is 0 Å². The zero-order valence-corrected chi connectivity index (χ0v) is 11.8. The fourth-order valence-corrected chi connectivity index (χ4v) is 2.70. The molecule has 2 N–H and O–H groups in total. The molecule has 0 spiro atoms. The maximum Gasteiger partial charge on any atom is 0.292 e. The molecule has 0 unspecified atom stereocenters. The first kappa shape index (κ1) is 13.6. The summed E-state index contributed by atoms with van der Waals surface area (Å²) >= 11 is 0. The van der Waals surface area contributed by atoms with Crippen molar-refractivity contribution < 1.29 is 4.92 Å². The summed E-state index contributed by atoms with van der Waals surface area (Å²) in [5.74, 6) is 0. The van der Waals surface area contributed by atoms with E-state index in [0.29, 0.717) is 5.69 Å². The molecule has 0 aliphatic carbocycles. The van der Waals surface area contributed by atoms with Crippen LogP contribution in [0.1, 0.15) is 16.7 Å². The van der Waals surface area contributed by atoms with Gasteiger partial charge in [0.05, 0.1) is 4.92 Å². The highest BCUT2D eigenvalue weighted by atomic mass is 16.6. The molecule has 5 heteroatoms. The molecule has 0 bridgehead atoms. The molecule has 0 aromatic heterocycles. The number of fused-ring (bicyclic) bond motifs is 1. The van der Waals surface area contributed by atoms with Crippen LogP contribution in [0.15, 0.2) is 36.4 Å². The van der Waals surface area contributed by atoms with Crippen molar-refractivity contribution in [3.05, 3.63) is 63.2 Å². The number of anilines is 2. The van der Waals surface area contributed by atoms with E-state index in [9.17, 15) is 10.1 Å². The van der Waals surface area contributed by atoms with Crippen LogP contribution < -0.4 is 10.6 Å². The summed E-state index contributed by atoms with van der Waals surface area (Å²) in [5, 5.41) is 17.8. The van der Waals surface area contributed by atoms with E-state index in [1.165, 1.54) is 11.1 Å². The summed E-state index contributed by atoms with van der Waals surface area (Å²) in [4.78, 5) is 10.8. The van der Waals surface area contributed by atoms with E-state index in [0.717, 1.165) is 30.8 Å². The third-order valence-electron chi connectivity index (χ3n) is 3.76. The van der Waals surface area contributed by atoms with E-state index in [1.807, 2.05) is 25.1 Å². The number of rotatable bonds is 3. The second-order valence-electron chi connectivity index (χ2n) is 5.27. The lowest BCUT2D eigenvalue weighted by Gasteiger charge is -2.21. The monoisotopic (exact) mass is 283 g/mol. The van der Waals surface area contributed by atoms with Gasteiger partial charge >= 0.3 is 0 Å². The predicted molar refractivity (Wildman–Crippen MR) is 83.0 cm³/mol. The van der Waals surface area contributed by atoms with Crippen LogP contribution in [0.4, 0.5) is 17.1 Å². The fourth-order valence-electron chi connectivity index (χ4n) is 2.70. The Morgan fingerprint density at radius 3 is 2.90 bits per heavy atom. The van der Waals surface area contributed by atoms with Crippen LogP contribution in [0, 0.1) is 17.0 Å². The zero-order valence-electron chi connectivity index (χ0n) is 11.8. The van der Waals surface area contributed by atoms with Gasteiger partial charge in [0.25, 0.3) is 5.69 Å². The molecule has 1 heterocycles. The summed E-state index contributed by atoms with van der Waals surface area (Å²) in [5.41, 5.74) is 5.10. The third kappa shape index (κ3) is 2.73. The normalized spacial score (nSPS) is 13.6. The molecule has 0 saturated carbocycles. The first-order valence-electron chi connectivity index (χ1n) is 6.99. The molecule has 0 radical (unpaired) electrons. The van der Waals surface area contributed by atoms with E-state index in [2.05, 4.69) is 16.7 Å². The van der Waals surface area contributed by atoms with Crippen molar-refractivity contribution in [1.82, 2.24) is 5.32 Å². The summed E-state index contributed by atoms with van der Waals surface area (Å²) in [6.07, 6.45) is 0.929. The molecule has 0 fully saturated rings. The average molecular weight is 283 g/mol. The molecule has 3 rings (SSSR count). The maximum absolute atomic E-state index is 11.2. The Labute approximate surface area is 123 Å². The minimum Gasteiger partial charge on any atom is -0.350 e. The van der Waals surface area contributed by atoms with Crippen molar-refractivity contribution in [2.75, 3.05) is 11.9 Å². The Morgan fingerprint density at radius 2 is 2.10 bits per heavy atom. The van der Waals surface area contributed by atoms with Gasteiger partial charge in [-0.25, -0.2) is 0 Å². The lowest BCUT2D eigenvalue weighted by atomic mass is 9.99. The third-order valence-corrected chi connectivity index (χ3v) is 3.76. The van der Waals surface area contributed by atoms with Gasteiger partial charge in [0.1, 0.15) is 5.69 Å². The largest absolute Gasteiger partial charge is 0.350 e. The summed E-state index contributed by atoms with van der Waals surface area (Å²) < 4.78 is 0. The van der Waals surface area contributed by atoms with Gasteiger partial charge in [-0.3, -0.25) is 10.1 Å².